The summed E-state index contributed by atoms with van der Waals surface area (Å²) in [6, 6.07) is 3.21. The molecule has 0 radical (unpaired) electrons. The Morgan fingerprint density at radius 3 is 2.50 bits per heavy atom. The third-order valence-electron chi connectivity index (χ3n) is 2.27. The maximum Gasteiger partial charge on any atom is 0.257 e. The Hall–Kier alpha value is -1.14. The number of hydrogen-bond donors (Lipinski definition) is 2. The number of carbonyl (C=O) groups excluding carboxylic acids is 1. The first-order valence-corrected chi connectivity index (χ1v) is 6.70. The van der Waals surface area contributed by atoms with Gasteiger partial charge in [-0.05, 0) is 25.3 Å². The smallest absolute Gasteiger partial charge is 0.257 e. The second-order valence-electron chi connectivity index (χ2n) is 4.21. The van der Waals surface area contributed by atoms with Gasteiger partial charge in [-0.25, -0.2) is 8.78 Å². The molecule has 0 aliphatic heterocycles. The van der Waals surface area contributed by atoms with E-state index in [1.165, 1.54) is 17.8 Å². The van der Waals surface area contributed by atoms with Crippen molar-refractivity contribution in [1.29, 1.82) is 0 Å². The molecule has 0 heterocycles. The van der Waals surface area contributed by atoms with E-state index in [2.05, 4.69) is 5.32 Å². The molecule has 1 rings (SSSR count). The zero-order chi connectivity index (χ0) is 13.8. The number of carbonyl (C=O) groups is 1. The SMILES string of the molecule is CSCC(C)(O)CNC(=O)c1c(F)cccc1F. The van der Waals surface area contributed by atoms with Crippen LogP contribution in [0.2, 0.25) is 0 Å². The third-order valence-corrected chi connectivity index (χ3v) is 3.19. The molecule has 0 saturated heterocycles. The number of amides is 1. The van der Waals surface area contributed by atoms with Crippen LogP contribution in [0.5, 0.6) is 0 Å². The fraction of sp³-hybridized carbons (Fsp3) is 0.417. The molecule has 0 spiro atoms. The molecule has 0 aromatic heterocycles. The minimum absolute atomic E-state index is 0.0690. The minimum Gasteiger partial charge on any atom is -0.387 e. The summed E-state index contributed by atoms with van der Waals surface area (Å²) >= 11 is 1.41. The van der Waals surface area contributed by atoms with Crippen molar-refractivity contribution in [3.8, 4) is 0 Å². The second-order valence-corrected chi connectivity index (χ2v) is 5.08. The van der Waals surface area contributed by atoms with Crippen molar-refractivity contribution in [2.24, 2.45) is 0 Å². The van der Waals surface area contributed by atoms with E-state index in [4.69, 9.17) is 0 Å². The molecule has 1 atom stereocenters. The first kappa shape index (κ1) is 14.9. The molecule has 18 heavy (non-hydrogen) atoms. The zero-order valence-electron chi connectivity index (χ0n) is 10.2. The van der Waals surface area contributed by atoms with Crippen molar-refractivity contribution in [2.45, 2.75) is 12.5 Å². The largest absolute Gasteiger partial charge is 0.387 e. The summed E-state index contributed by atoms with van der Waals surface area (Å²) in [5, 5.41) is 12.1. The van der Waals surface area contributed by atoms with E-state index in [0.29, 0.717) is 5.75 Å². The number of hydrogen-bond acceptors (Lipinski definition) is 3. The molecule has 1 unspecified atom stereocenters. The number of nitrogens with one attached hydrogen (secondary N) is 1. The van der Waals surface area contributed by atoms with Gasteiger partial charge in [-0.1, -0.05) is 6.07 Å². The first-order valence-electron chi connectivity index (χ1n) is 5.31. The summed E-state index contributed by atoms with van der Waals surface area (Å²) in [4.78, 5) is 11.6. The van der Waals surface area contributed by atoms with Gasteiger partial charge in [-0.2, -0.15) is 11.8 Å². The molecular formula is C12H15F2NO2S. The first-order chi connectivity index (χ1) is 8.37. The van der Waals surface area contributed by atoms with Crippen molar-refractivity contribution in [3.05, 3.63) is 35.4 Å². The van der Waals surface area contributed by atoms with Crippen LogP contribution >= 0.6 is 11.8 Å². The predicted octanol–water partition coefficient (Wildman–Crippen LogP) is 1.81. The monoisotopic (exact) mass is 275 g/mol. The highest BCUT2D eigenvalue weighted by molar-refractivity contribution is 7.98. The van der Waals surface area contributed by atoms with Crippen LogP contribution < -0.4 is 5.32 Å². The summed E-state index contributed by atoms with van der Waals surface area (Å²) < 4.78 is 26.6. The van der Waals surface area contributed by atoms with E-state index < -0.39 is 28.7 Å². The maximum absolute atomic E-state index is 13.3. The summed E-state index contributed by atoms with van der Waals surface area (Å²) in [6.45, 7) is 1.47. The molecule has 0 aliphatic rings. The summed E-state index contributed by atoms with van der Waals surface area (Å²) in [6.07, 6.45) is 1.81. The molecule has 3 nitrogen and oxygen atoms in total. The van der Waals surface area contributed by atoms with Crippen LogP contribution in [0.25, 0.3) is 0 Å². The summed E-state index contributed by atoms with van der Waals surface area (Å²) in [7, 11) is 0. The average Bonchev–Trinajstić information content (AvgIpc) is 2.26. The van der Waals surface area contributed by atoms with Crippen molar-refractivity contribution in [3.63, 3.8) is 0 Å². The topological polar surface area (TPSA) is 49.3 Å². The molecular weight excluding hydrogens is 260 g/mol. The lowest BCUT2D eigenvalue weighted by Crippen LogP contribution is -2.42. The van der Waals surface area contributed by atoms with E-state index >= 15 is 0 Å². The van der Waals surface area contributed by atoms with E-state index in [-0.39, 0.29) is 6.54 Å². The summed E-state index contributed by atoms with van der Waals surface area (Å²) in [5.41, 5.74) is -1.74. The van der Waals surface area contributed by atoms with Gasteiger partial charge in [-0.3, -0.25) is 4.79 Å². The van der Waals surface area contributed by atoms with Gasteiger partial charge in [0.1, 0.15) is 17.2 Å². The molecule has 6 heteroatoms. The number of aliphatic hydroxyl groups is 1. The van der Waals surface area contributed by atoms with Gasteiger partial charge in [0, 0.05) is 12.3 Å². The van der Waals surface area contributed by atoms with Gasteiger partial charge in [0.25, 0.3) is 5.91 Å². The van der Waals surface area contributed by atoms with Crippen molar-refractivity contribution >= 4 is 17.7 Å². The number of rotatable bonds is 5. The van der Waals surface area contributed by atoms with Crippen LogP contribution in [0.3, 0.4) is 0 Å². The normalized spacial score (nSPS) is 14.1. The molecule has 1 aromatic rings. The maximum atomic E-state index is 13.3. The number of thioether (sulfide) groups is 1. The minimum atomic E-state index is -1.11. The van der Waals surface area contributed by atoms with Crippen LogP contribution in [0.4, 0.5) is 8.78 Å². The van der Waals surface area contributed by atoms with Crippen molar-refractivity contribution in [2.75, 3.05) is 18.6 Å². The highest BCUT2D eigenvalue weighted by atomic mass is 32.2. The molecule has 1 amide bonds. The summed E-state index contributed by atoms with van der Waals surface area (Å²) in [5.74, 6) is -2.30. The molecule has 100 valence electrons. The van der Waals surface area contributed by atoms with Crippen LogP contribution in [0.1, 0.15) is 17.3 Å². The number of benzene rings is 1. The van der Waals surface area contributed by atoms with Gasteiger partial charge < -0.3 is 10.4 Å². The van der Waals surface area contributed by atoms with Gasteiger partial charge >= 0.3 is 0 Å². The van der Waals surface area contributed by atoms with Gasteiger partial charge in [0.05, 0.1) is 5.60 Å². The van der Waals surface area contributed by atoms with Crippen LogP contribution in [0.15, 0.2) is 18.2 Å². The Kier molecular flexibility index (Phi) is 5.10. The average molecular weight is 275 g/mol. The molecule has 0 bridgehead atoms. The Labute approximate surface area is 109 Å². The van der Waals surface area contributed by atoms with Crippen LogP contribution in [-0.4, -0.2) is 35.2 Å². The Morgan fingerprint density at radius 1 is 1.44 bits per heavy atom. The molecule has 0 fully saturated rings. The molecule has 0 aliphatic carbocycles. The van der Waals surface area contributed by atoms with Crippen molar-refractivity contribution in [1.82, 2.24) is 5.32 Å². The lowest BCUT2D eigenvalue weighted by Gasteiger charge is -2.22. The Bertz CT molecular complexity index is 418. The van der Waals surface area contributed by atoms with E-state index in [1.807, 2.05) is 6.26 Å². The fourth-order valence-electron chi connectivity index (χ4n) is 1.44. The lowest BCUT2D eigenvalue weighted by atomic mass is 10.1. The van der Waals surface area contributed by atoms with Crippen LogP contribution in [-0.2, 0) is 0 Å². The van der Waals surface area contributed by atoms with E-state index in [0.717, 1.165) is 12.1 Å². The van der Waals surface area contributed by atoms with Crippen molar-refractivity contribution < 1.29 is 18.7 Å². The Balaban J connectivity index is 2.72. The van der Waals surface area contributed by atoms with Gasteiger partial charge in [-0.15, -0.1) is 0 Å². The van der Waals surface area contributed by atoms with Gasteiger partial charge in [0.15, 0.2) is 0 Å². The molecule has 0 saturated carbocycles. The van der Waals surface area contributed by atoms with E-state index in [1.54, 1.807) is 6.92 Å². The lowest BCUT2D eigenvalue weighted by molar-refractivity contribution is 0.0720. The fourth-order valence-corrected chi connectivity index (χ4v) is 2.16. The zero-order valence-corrected chi connectivity index (χ0v) is 11.0. The quantitative estimate of drug-likeness (QED) is 0.861. The second kappa shape index (κ2) is 6.15. The standard InChI is InChI=1S/C12H15F2NO2S/c1-12(17,7-18-2)6-15-11(16)10-8(13)4-3-5-9(10)14/h3-5,17H,6-7H2,1-2H3,(H,15,16). The predicted molar refractivity (Wildman–Crippen MR) is 67.7 cm³/mol. The highest BCUT2D eigenvalue weighted by Crippen LogP contribution is 2.13. The Morgan fingerprint density at radius 2 is 2.00 bits per heavy atom. The highest BCUT2D eigenvalue weighted by Gasteiger charge is 2.23. The van der Waals surface area contributed by atoms with Gasteiger partial charge in [0.2, 0.25) is 0 Å². The molecule has 1 aromatic carbocycles. The molecule has 2 N–H and O–H groups in total. The number of halogens is 2. The van der Waals surface area contributed by atoms with Crippen LogP contribution in [0, 0.1) is 11.6 Å². The third kappa shape index (κ3) is 3.96. The van der Waals surface area contributed by atoms with E-state index in [9.17, 15) is 18.7 Å².